The third-order valence-corrected chi connectivity index (χ3v) is 2.89. The van der Waals surface area contributed by atoms with Crippen molar-refractivity contribution < 1.29 is 9.53 Å². The second kappa shape index (κ2) is 5.82. The number of esters is 1. The highest BCUT2D eigenvalue weighted by Gasteiger charge is 2.11. The molecule has 0 unspecified atom stereocenters. The van der Waals surface area contributed by atoms with Crippen LogP contribution >= 0.6 is 15.9 Å². The number of nitrogens with one attached hydrogen (secondary N) is 1. The Balaban J connectivity index is 2.09. The van der Waals surface area contributed by atoms with Gasteiger partial charge in [-0.05, 0) is 30.7 Å². The van der Waals surface area contributed by atoms with E-state index in [9.17, 15) is 4.79 Å². The predicted molar refractivity (Wildman–Crippen MR) is 71.5 cm³/mol. The number of carbonyl (C=O) groups excluding carboxylic acids is 1. The van der Waals surface area contributed by atoms with Crippen molar-refractivity contribution in [1.29, 1.82) is 0 Å². The van der Waals surface area contributed by atoms with Crippen molar-refractivity contribution in [2.24, 2.45) is 0 Å². The third-order valence-electron chi connectivity index (χ3n) is 2.40. The second-order valence-electron chi connectivity index (χ2n) is 3.81. The normalized spacial score (nSPS) is 10.3. The molecule has 1 heterocycles. The van der Waals surface area contributed by atoms with E-state index in [2.05, 4.69) is 26.1 Å². The number of carbonyl (C=O) groups is 1. The summed E-state index contributed by atoms with van der Waals surface area (Å²) in [6.07, 6.45) is 0.700. The van der Waals surface area contributed by atoms with Crippen LogP contribution in [0.1, 0.15) is 28.7 Å². The van der Waals surface area contributed by atoms with Crippen molar-refractivity contribution in [3.63, 3.8) is 0 Å². The summed E-state index contributed by atoms with van der Waals surface area (Å²) < 4.78 is 5.91. The van der Waals surface area contributed by atoms with E-state index in [1.807, 2.05) is 24.3 Å². The van der Waals surface area contributed by atoms with Crippen molar-refractivity contribution in [3.8, 4) is 0 Å². The summed E-state index contributed by atoms with van der Waals surface area (Å²) in [6, 6.07) is 9.72. The van der Waals surface area contributed by atoms with E-state index >= 15 is 0 Å². The highest BCUT2D eigenvalue weighted by Crippen LogP contribution is 2.15. The molecule has 0 spiro atoms. The minimum absolute atomic E-state index is 0.321. The van der Waals surface area contributed by atoms with Crippen LogP contribution in [0.3, 0.4) is 0 Å². The second-order valence-corrected chi connectivity index (χ2v) is 4.72. The lowest BCUT2D eigenvalue weighted by Gasteiger charge is -1.99. The standard InChI is InChI=1S/C13H13BrN2O2/c1-2-18-13(17)12-8-11(15-16-12)7-9-4-3-5-10(14)6-9/h3-6,8H,2,7H2,1H3,(H,15,16). The van der Waals surface area contributed by atoms with Crippen LogP contribution in [0.2, 0.25) is 0 Å². The molecule has 1 N–H and O–H groups in total. The Morgan fingerprint density at radius 3 is 3.00 bits per heavy atom. The van der Waals surface area contributed by atoms with Gasteiger partial charge in [0.15, 0.2) is 5.69 Å². The average molecular weight is 309 g/mol. The summed E-state index contributed by atoms with van der Waals surface area (Å²) in [7, 11) is 0. The predicted octanol–water partition coefficient (Wildman–Crippen LogP) is 2.94. The molecule has 0 atom stereocenters. The van der Waals surface area contributed by atoms with E-state index in [4.69, 9.17) is 4.74 Å². The summed E-state index contributed by atoms with van der Waals surface area (Å²) >= 11 is 3.42. The first kappa shape index (κ1) is 12.8. The van der Waals surface area contributed by atoms with Crippen LogP contribution in [0.5, 0.6) is 0 Å². The lowest BCUT2D eigenvalue weighted by atomic mass is 10.1. The molecule has 18 heavy (non-hydrogen) atoms. The Bertz CT molecular complexity index is 551. The van der Waals surface area contributed by atoms with Crippen LogP contribution in [0.25, 0.3) is 0 Å². The number of rotatable bonds is 4. The third kappa shape index (κ3) is 3.20. The fraction of sp³-hybridized carbons (Fsp3) is 0.231. The van der Waals surface area contributed by atoms with Crippen LogP contribution in [0.15, 0.2) is 34.8 Å². The largest absolute Gasteiger partial charge is 0.461 e. The van der Waals surface area contributed by atoms with Gasteiger partial charge in [0.2, 0.25) is 0 Å². The first-order valence-corrected chi connectivity index (χ1v) is 6.44. The molecule has 1 aromatic carbocycles. The van der Waals surface area contributed by atoms with Crippen molar-refractivity contribution in [3.05, 3.63) is 51.8 Å². The van der Waals surface area contributed by atoms with Gasteiger partial charge in [0.25, 0.3) is 0 Å². The average Bonchev–Trinajstić information content (AvgIpc) is 2.78. The van der Waals surface area contributed by atoms with Gasteiger partial charge in [0.05, 0.1) is 6.61 Å². The number of halogens is 1. The Kier molecular flexibility index (Phi) is 4.15. The number of nitrogens with zero attached hydrogens (tertiary/aromatic N) is 1. The number of H-pyrrole nitrogens is 1. The first-order chi connectivity index (χ1) is 8.69. The molecule has 0 saturated carbocycles. The van der Waals surface area contributed by atoms with Gasteiger partial charge in [0.1, 0.15) is 0 Å². The van der Waals surface area contributed by atoms with E-state index < -0.39 is 5.97 Å². The lowest BCUT2D eigenvalue weighted by Crippen LogP contribution is -2.04. The van der Waals surface area contributed by atoms with E-state index in [0.717, 1.165) is 15.7 Å². The van der Waals surface area contributed by atoms with Gasteiger partial charge in [-0.1, -0.05) is 28.1 Å². The van der Waals surface area contributed by atoms with Crippen LogP contribution < -0.4 is 0 Å². The molecule has 2 aromatic rings. The number of aromatic nitrogens is 2. The zero-order valence-corrected chi connectivity index (χ0v) is 11.5. The molecule has 1 aromatic heterocycles. The molecular formula is C13H13BrN2O2. The van der Waals surface area contributed by atoms with E-state index in [1.54, 1.807) is 13.0 Å². The number of aromatic amines is 1. The quantitative estimate of drug-likeness (QED) is 0.884. The van der Waals surface area contributed by atoms with E-state index in [-0.39, 0.29) is 0 Å². The number of benzene rings is 1. The van der Waals surface area contributed by atoms with Gasteiger partial charge < -0.3 is 4.74 Å². The molecule has 0 aliphatic carbocycles. The zero-order chi connectivity index (χ0) is 13.0. The molecule has 2 rings (SSSR count). The summed E-state index contributed by atoms with van der Waals surface area (Å²) in [4.78, 5) is 11.5. The fourth-order valence-electron chi connectivity index (χ4n) is 1.63. The summed E-state index contributed by atoms with van der Waals surface area (Å²) in [5.41, 5.74) is 2.35. The van der Waals surface area contributed by atoms with Gasteiger partial charge in [-0.25, -0.2) is 4.79 Å². The smallest absolute Gasteiger partial charge is 0.358 e. The van der Waals surface area contributed by atoms with Crippen molar-refractivity contribution >= 4 is 21.9 Å². The van der Waals surface area contributed by atoms with Gasteiger partial charge in [-0.2, -0.15) is 5.10 Å². The Labute approximate surface area is 113 Å². The van der Waals surface area contributed by atoms with Crippen LogP contribution in [0, 0.1) is 0 Å². The van der Waals surface area contributed by atoms with E-state index in [0.29, 0.717) is 18.7 Å². The molecule has 5 heteroatoms. The molecule has 94 valence electrons. The molecule has 4 nitrogen and oxygen atoms in total. The molecule has 0 bridgehead atoms. The topological polar surface area (TPSA) is 55.0 Å². The Morgan fingerprint density at radius 2 is 2.28 bits per heavy atom. The SMILES string of the molecule is CCOC(=O)c1cc(Cc2cccc(Br)c2)[nH]n1. The summed E-state index contributed by atoms with van der Waals surface area (Å²) in [6.45, 7) is 2.12. The van der Waals surface area contributed by atoms with Crippen LogP contribution in [-0.4, -0.2) is 22.8 Å². The molecule has 0 aliphatic rings. The van der Waals surface area contributed by atoms with Gasteiger partial charge in [-0.3, -0.25) is 5.10 Å². The highest BCUT2D eigenvalue weighted by atomic mass is 79.9. The molecule has 0 amide bonds. The maximum atomic E-state index is 11.5. The number of hydrogen-bond donors (Lipinski definition) is 1. The van der Waals surface area contributed by atoms with E-state index in [1.165, 1.54) is 0 Å². The van der Waals surface area contributed by atoms with Gasteiger partial charge in [0, 0.05) is 16.6 Å². The van der Waals surface area contributed by atoms with Crippen LogP contribution in [-0.2, 0) is 11.2 Å². The summed E-state index contributed by atoms with van der Waals surface area (Å²) in [5, 5.41) is 6.79. The first-order valence-electron chi connectivity index (χ1n) is 5.65. The molecule has 0 fully saturated rings. The minimum atomic E-state index is -0.394. The van der Waals surface area contributed by atoms with Gasteiger partial charge in [-0.15, -0.1) is 0 Å². The molecule has 0 radical (unpaired) electrons. The maximum Gasteiger partial charge on any atom is 0.358 e. The van der Waals surface area contributed by atoms with Crippen molar-refractivity contribution in [2.75, 3.05) is 6.61 Å². The Hall–Kier alpha value is -1.62. The number of hydrogen-bond acceptors (Lipinski definition) is 3. The Morgan fingerprint density at radius 1 is 1.44 bits per heavy atom. The fourth-order valence-corrected chi connectivity index (χ4v) is 2.08. The zero-order valence-electron chi connectivity index (χ0n) is 9.94. The molecular weight excluding hydrogens is 296 g/mol. The van der Waals surface area contributed by atoms with Crippen LogP contribution in [0.4, 0.5) is 0 Å². The minimum Gasteiger partial charge on any atom is -0.461 e. The monoisotopic (exact) mass is 308 g/mol. The number of ether oxygens (including phenoxy) is 1. The highest BCUT2D eigenvalue weighted by molar-refractivity contribution is 9.10. The van der Waals surface area contributed by atoms with Crippen molar-refractivity contribution in [2.45, 2.75) is 13.3 Å². The molecule has 0 aliphatic heterocycles. The lowest BCUT2D eigenvalue weighted by molar-refractivity contribution is 0.0519. The van der Waals surface area contributed by atoms with Crippen molar-refractivity contribution in [1.82, 2.24) is 10.2 Å². The maximum absolute atomic E-state index is 11.5. The van der Waals surface area contributed by atoms with Gasteiger partial charge >= 0.3 is 5.97 Å². The summed E-state index contributed by atoms with van der Waals surface area (Å²) in [5.74, 6) is -0.394. The molecule has 0 saturated heterocycles.